The van der Waals surface area contributed by atoms with Gasteiger partial charge in [0.2, 0.25) is 17.5 Å². The van der Waals surface area contributed by atoms with Gasteiger partial charge in [-0.15, -0.1) is 5.10 Å². The van der Waals surface area contributed by atoms with Gasteiger partial charge in [-0.3, -0.25) is 4.79 Å². The SMILES string of the molecule is CC(=O)N1N=C(c2ccc(C)c(B3OC(C)(C)C(C)(C)O3)c2)OC1(C)C. The van der Waals surface area contributed by atoms with Gasteiger partial charge in [0.1, 0.15) is 0 Å². The molecule has 0 aromatic heterocycles. The number of hydrogen-bond acceptors (Lipinski definition) is 5. The quantitative estimate of drug-likeness (QED) is 0.763. The lowest BCUT2D eigenvalue weighted by atomic mass is 9.75. The van der Waals surface area contributed by atoms with Crippen molar-refractivity contribution >= 4 is 24.4 Å². The van der Waals surface area contributed by atoms with Crippen molar-refractivity contribution < 1.29 is 18.8 Å². The lowest BCUT2D eigenvalue weighted by Crippen LogP contribution is -2.41. The molecule has 0 saturated carbocycles. The maximum Gasteiger partial charge on any atom is 0.495 e. The van der Waals surface area contributed by atoms with Crippen molar-refractivity contribution in [2.24, 2.45) is 5.10 Å². The average molecular weight is 358 g/mol. The summed E-state index contributed by atoms with van der Waals surface area (Å²) in [4.78, 5) is 11.8. The molecule has 1 aromatic carbocycles. The zero-order valence-electron chi connectivity index (χ0n) is 16.8. The number of hydrogen-bond donors (Lipinski definition) is 0. The first-order valence-electron chi connectivity index (χ1n) is 8.89. The Labute approximate surface area is 155 Å². The van der Waals surface area contributed by atoms with Crippen molar-refractivity contribution in [1.82, 2.24) is 5.01 Å². The van der Waals surface area contributed by atoms with E-state index >= 15 is 0 Å². The minimum atomic E-state index is -0.809. The number of carbonyl (C=O) groups excluding carboxylic acids is 1. The van der Waals surface area contributed by atoms with E-state index in [0.29, 0.717) is 5.90 Å². The van der Waals surface area contributed by atoms with Crippen LogP contribution in [0.25, 0.3) is 0 Å². The summed E-state index contributed by atoms with van der Waals surface area (Å²) in [5, 5.41) is 5.72. The monoisotopic (exact) mass is 358 g/mol. The largest absolute Gasteiger partial charge is 0.495 e. The number of ether oxygens (including phenoxy) is 1. The van der Waals surface area contributed by atoms with Gasteiger partial charge in [-0.2, -0.15) is 5.01 Å². The molecule has 0 atom stereocenters. The van der Waals surface area contributed by atoms with Gasteiger partial charge in [0.05, 0.1) is 11.2 Å². The molecular formula is C19H27BN2O4. The van der Waals surface area contributed by atoms with Crippen LogP contribution in [0, 0.1) is 6.92 Å². The third kappa shape index (κ3) is 3.03. The van der Waals surface area contributed by atoms with E-state index in [4.69, 9.17) is 14.0 Å². The van der Waals surface area contributed by atoms with Crippen LogP contribution >= 0.6 is 0 Å². The summed E-state index contributed by atoms with van der Waals surface area (Å²) < 4.78 is 18.3. The van der Waals surface area contributed by atoms with Crippen LogP contribution < -0.4 is 5.46 Å². The van der Waals surface area contributed by atoms with E-state index in [0.717, 1.165) is 16.6 Å². The first kappa shape index (κ1) is 18.9. The molecule has 1 aromatic rings. The van der Waals surface area contributed by atoms with Crippen molar-refractivity contribution in [3.8, 4) is 0 Å². The third-order valence-corrected chi connectivity index (χ3v) is 5.38. The molecule has 0 N–H and O–H groups in total. The minimum Gasteiger partial charge on any atom is -0.448 e. The highest BCUT2D eigenvalue weighted by Gasteiger charge is 2.52. The molecule has 0 spiro atoms. The molecule has 2 aliphatic rings. The van der Waals surface area contributed by atoms with E-state index in [2.05, 4.69) is 5.10 Å². The summed E-state index contributed by atoms with van der Waals surface area (Å²) in [5.74, 6) is 0.256. The maximum absolute atomic E-state index is 11.8. The van der Waals surface area contributed by atoms with Crippen LogP contribution in [0.2, 0.25) is 0 Å². The van der Waals surface area contributed by atoms with Gasteiger partial charge in [0.15, 0.2) is 0 Å². The van der Waals surface area contributed by atoms with Gasteiger partial charge < -0.3 is 14.0 Å². The lowest BCUT2D eigenvalue weighted by Gasteiger charge is -2.32. The molecule has 0 radical (unpaired) electrons. The lowest BCUT2D eigenvalue weighted by molar-refractivity contribution is -0.142. The van der Waals surface area contributed by atoms with Crippen LogP contribution in [0.15, 0.2) is 23.3 Å². The summed E-state index contributed by atoms with van der Waals surface area (Å²) >= 11 is 0. The van der Waals surface area contributed by atoms with Crippen LogP contribution in [0.4, 0.5) is 0 Å². The molecule has 1 amide bonds. The van der Waals surface area contributed by atoms with E-state index < -0.39 is 24.0 Å². The zero-order valence-corrected chi connectivity index (χ0v) is 16.8. The molecule has 26 heavy (non-hydrogen) atoms. The van der Waals surface area contributed by atoms with E-state index in [1.165, 1.54) is 11.9 Å². The number of rotatable bonds is 2. The maximum atomic E-state index is 11.8. The van der Waals surface area contributed by atoms with Crippen molar-refractivity contribution in [3.63, 3.8) is 0 Å². The van der Waals surface area contributed by atoms with Crippen LogP contribution in [-0.4, -0.2) is 40.9 Å². The molecule has 0 bridgehead atoms. The smallest absolute Gasteiger partial charge is 0.448 e. The van der Waals surface area contributed by atoms with Crippen molar-refractivity contribution in [2.75, 3.05) is 0 Å². The fourth-order valence-electron chi connectivity index (χ4n) is 3.08. The Morgan fingerprint density at radius 1 is 1.08 bits per heavy atom. The van der Waals surface area contributed by atoms with Gasteiger partial charge in [-0.1, -0.05) is 11.6 Å². The highest BCUT2D eigenvalue weighted by Crippen LogP contribution is 2.37. The molecule has 6 nitrogen and oxygen atoms in total. The van der Waals surface area contributed by atoms with Crippen LogP contribution in [0.5, 0.6) is 0 Å². The van der Waals surface area contributed by atoms with Crippen molar-refractivity contribution in [1.29, 1.82) is 0 Å². The summed E-state index contributed by atoms with van der Waals surface area (Å²) in [5.41, 5.74) is 1.16. The second kappa shape index (κ2) is 5.82. The molecule has 2 heterocycles. The zero-order chi connectivity index (χ0) is 19.5. The van der Waals surface area contributed by atoms with E-state index in [-0.39, 0.29) is 5.91 Å². The number of hydrazone groups is 1. The predicted octanol–water partition coefficient (Wildman–Crippen LogP) is 2.57. The Morgan fingerprint density at radius 3 is 2.15 bits per heavy atom. The predicted molar refractivity (Wildman–Crippen MR) is 101 cm³/mol. The topological polar surface area (TPSA) is 60.4 Å². The molecule has 3 rings (SSSR count). The number of benzene rings is 1. The highest BCUT2D eigenvalue weighted by molar-refractivity contribution is 6.62. The van der Waals surface area contributed by atoms with Crippen LogP contribution in [-0.2, 0) is 18.8 Å². The summed E-state index contributed by atoms with van der Waals surface area (Å²) in [7, 11) is -0.459. The fraction of sp³-hybridized carbons (Fsp3) is 0.579. The van der Waals surface area contributed by atoms with Crippen molar-refractivity contribution in [2.45, 2.75) is 72.3 Å². The Bertz CT molecular complexity index is 770. The highest BCUT2D eigenvalue weighted by atomic mass is 16.7. The average Bonchev–Trinajstić information content (AvgIpc) is 2.92. The number of aryl methyl sites for hydroxylation is 1. The molecule has 2 aliphatic heterocycles. The summed E-state index contributed by atoms with van der Waals surface area (Å²) in [6.07, 6.45) is 0. The molecule has 1 fully saturated rings. The molecule has 7 heteroatoms. The van der Waals surface area contributed by atoms with Crippen LogP contribution in [0.3, 0.4) is 0 Å². The van der Waals surface area contributed by atoms with Crippen LogP contribution in [0.1, 0.15) is 59.6 Å². The first-order valence-corrected chi connectivity index (χ1v) is 8.89. The summed E-state index contributed by atoms with van der Waals surface area (Å²) in [6.45, 7) is 15.2. The Hall–Kier alpha value is -1.86. The Morgan fingerprint density at radius 2 is 1.65 bits per heavy atom. The standard InChI is InChI=1S/C19H27BN2O4/c1-12-9-10-14(16-21-22(13(2)23)19(7,8)24-16)11-15(12)20-25-17(3,4)18(5,6)26-20/h9-11H,1-8H3. The Balaban J connectivity index is 1.95. The molecule has 1 saturated heterocycles. The van der Waals surface area contributed by atoms with Gasteiger partial charge in [-0.05, 0) is 66.1 Å². The third-order valence-electron chi connectivity index (χ3n) is 5.38. The van der Waals surface area contributed by atoms with E-state index in [9.17, 15) is 4.79 Å². The second-order valence-corrected chi connectivity index (χ2v) is 8.44. The van der Waals surface area contributed by atoms with Gasteiger partial charge >= 0.3 is 7.12 Å². The molecule has 0 aliphatic carbocycles. The minimum absolute atomic E-state index is 0.164. The molecule has 0 unspecified atom stereocenters. The normalized spacial score (nSPS) is 23.0. The number of carbonyl (C=O) groups is 1. The second-order valence-electron chi connectivity index (χ2n) is 8.44. The Kier molecular flexibility index (Phi) is 4.24. The van der Waals surface area contributed by atoms with Gasteiger partial charge in [0, 0.05) is 12.5 Å². The van der Waals surface area contributed by atoms with E-state index in [1.807, 2.05) is 66.7 Å². The number of amides is 1. The first-order chi connectivity index (χ1) is 11.8. The van der Waals surface area contributed by atoms with Crippen molar-refractivity contribution in [3.05, 3.63) is 29.3 Å². The van der Waals surface area contributed by atoms with E-state index in [1.54, 1.807) is 0 Å². The molecule has 140 valence electrons. The van der Waals surface area contributed by atoms with Gasteiger partial charge in [-0.25, -0.2) is 0 Å². The summed E-state index contributed by atoms with van der Waals surface area (Å²) in [6, 6.07) is 5.89. The van der Waals surface area contributed by atoms with Gasteiger partial charge in [0.25, 0.3) is 0 Å². The molecular weight excluding hydrogens is 331 g/mol. The fourth-order valence-corrected chi connectivity index (χ4v) is 3.08. The number of nitrogens with zero attached hydrogens (tertiary/aromatic N) is 2.